The SMILES string of the molecule is COc1ccccc1C(=O)Nc1nc2cc(-c3ccsc3)ccc2o1. The van der Waals surface area contributed by atoms with Crippen molar-refractivity contribution in [3.05, 3.63) is 64.9 Å². The Bertz CT molecular complexity index is 1040. The Morgan fingerprint density at radius 1 is 1.16 bits per heavy atom. The molecule has 0 unspecified atom stereocenters. The van der Waals surface area contributed by atoms with Crippen molar-refractivity contribution >= 4 is 34.4 Å². The van der Waals surface area contributed by atoms with Gasteiger partial charge in [0.05, 0.1) is 12.7 Å². The van der Waals surface area contributed by atoms with Crippen LogP contribution in [0.5, 0.6) is 5.75 Å². The van der Waals surface area contributed by atoms with Gasteiger partial charge >= 0.3 is 6.01 Å². The zero-order chi connectivity index (χ0) is 17.2. The highest BCUT2D eigenvalue weighted by Crippen LogP contribution is 2.28. The first-order chi connectivity index (χ1) is 12.2. The van der Waals surface area contributed by atoms with Crippen LogP contribution in [0, 0.1) is 0 Å². The highest BCUT2D eigenvalue weighted by molar-refractivity contribution is 7.08. The predicted octanol–water partition coefficient (Wildman–Crippen LogP) is 4.82. The van der Waals surface area contributed by atoms with Gasteiger partial charge in [-0.3, -0.25) is 10.1 Å². The molecule has 124 valence electrons. The maximum absolute atomic E-state index is 12.4. The number of aromatic nitrogens is 1. The van der Waals surface area contributed by atoms with Gasteiger partial charge in [-0.05, 0) is 52.2 Å². The lowest BCUT2D eigenvalue weighted by Crippen LogP contribution is -2.13. The molecule has 0 spiro atoms. The lowest BCUT2D eigenvalue weighted by molar-refractivity contribution is 0.102. The van der Waals surface area contributed by atoms with Crippen LogP contribution < -0.4 is 10.1 Å². The van der Waals surface area contributed by atoms with Crippen LogP contribution in [-0.4, -0.2) is 18.0 Å². The molecule has 2 heterocycles. The van der Waals surface area contributed by atoms with Gasteiger partial charge in [0.1, 0.15) is 11.3 Å². The molecule has 0 aliphatic heterocycles. The number of para-hydroxylation sites is 1. The third kappa shape index (κ3) is 2.99. The summed E-state index contributed by atoms with van der Waals surface area (Å²) < 4.78 is 10.8. The molecule has 4 rings (SSSR count). The maximum Gasteiger partial charge on any atom is 0.302 e. The van der Waals surface area contributed by atoms with E-state index < -0.39 is 0 Å². The van der Waals surface area contributed by atoms with Crippen LogP contribution in [0.15, 0.2) is 63.7 Å². The number of carbonyl (C=O) groups excluding carboxylic acids is 1. The Morgan fingerprint density at radius 3 is 2.84 bits per heavy atom. The van der Waals surface area contributed by atoms with Crippen molar-refractivity contribution in [3.8, 4) is 16.9 Å². The van der Waals surface area contributed by atoms with E-state index in [1.807, 2.05) is 23.6 Å². The molecular formula is C19H14N2O3S. The third-order valence-electron chi connectivity index (χ3n) is 3.81. The Morgan fingerprint density at radius 2 is 2.04 bits per heavy atom. The highest BCUT2D eigenvalue weighted by atomic mass is 32.1. The molecule has 25 heavy (non-hydrogen) atoms. The minimum absolute atomic E-state index is 0.161. The molecule has 0 aliphatic rings. The van der Waals surface area contributed by atoms with Crippen molar-refractivity contribution in [1.29, 1.82) is 0 Å². The van der Waals surface area contributed by atoms with Crippen molar-refractivity contribution in [2.24, 2.45) is 0 Å². The van der Waals surface area contributed by atoms with E-state index in [4.69, 9.17) is 9.15 Å². The first kappa shape index (κ1) is 15.4. The van der Waals surface area contributed by atoms with Gasteiger partial charge in [-0.1, -0.05) is 18.2 Å². The summed E-state index contributed by atoms with van der Waals surface area (Å²) in [6.45, 7) is 0. The number of hydrogen-bond donors (Lipinski definition) is 1. The second kappa shape index (κ2) is 6.41. The number of benzene rings is 2. The van der Waals surface area contributed by atoms with Crippen molar-refractivity contribution in [3.63, 3.8) is 0 Å². The third-order valence-corrected chi connectivity index (χ3v) is 4.50. The fourth-order valence-corrected chi connectivity index (χ4v) is 3.25. The number of nitrogens with one attached hydrogen (secondary N) is 1. The van der Waals surface area contributed by atoms with Gasteiger partial charge in [0.2, 0.25) is 0 Å². The van der Waals surface area contributed by atoms with E-state index >= 15 is 0 Å². The fraction of sp³-hybridized carbons (Fsp3) is 0.0526. The van der Waals surface area contributed by atoms with Crippen LogP contribution in [0.2, 0.25) is 0 Å². The van der Waals surface area contributed by atoms with E-state index in [0.29, 0.717) is 22.4 Å². The van der Waals surface area contributed by atoms with Gasteiger partial charge in [-0.15, -0.1) is 0 Å². The Hall–Kier alpha value is -3.12. The Kier molecular flexibility index (Phi) is 3.95. The molecule has 5 nitrogen and oxygen atoms in total. The number of thiophene rings is 1. The molecule has 0 aliphatic carbocycles. The second-order valence-corrected chi connectivity index (χ2v) is 6.15. The van der Waals surface area contributed by atoms with Gasteiger partial charge in [0.25, 0.3) is 5.91 Å². The quantitative estimate of drug-likeness (QED) is 0.573. The monoisotopic (exact) mass is 350 g/mol. The predicted molar refractivity (Wildman–Crippen MR) is 98.3 cm³/mol. The van der Waals surface area contributed by atoms with Crippen LogP contribution in [-0.2, 0) is 0 Å². The molecule has 6 heteroatoms. The van der Waals surface area contributed by atoms with Crippen molar-refractivity contribution < 1.29 is 13.9 Å². The average molecular weight is 350 g/mol. The molecule has 1 amide bonds. The zero-order valence-corrected chi connectivity index (χ0v) is 14.2. The highest BCUT2D eigenvalue weighted by Gasteiger charge is 2.15. The van der Waals surface area contributed by atoms with Crippen molar-refractivity contribution in [1.82, 2.24) is 4.98 Å². The number of oxazole rings is 1. The zero-order valence-electron chi connectivity index (χ0n) is 13.4. The number of amides is 1. The summed E-state index contributed by atoms with van der Waals surface area (Å²) in [6, 6.07) is 15.0. The topological polar surface area (TPSA) is 64.4 Å². The molecule has 4 aromatic rings. The van der Waals surface area contributed by atoms with E-state index in [1.54, 1.807) is 35.6 Å². The number of methoxy groups -OCH3 is 1. The first-order valence-electron chi connectivity index (χ1n) is 7.62. The van der Waals surface area contributed by atoms with Crippen LogP contribution in [0.25, 0.3) is 22.2 Å². The largest absolute Gasteiger partial charge is 0.496 e. The molecular weight excluding hydrogens is 336 g/mol. The van der Waals surface area contributed by atoms with E-state index in [0.717, 1.165) is 11.1 Å². The number of rotatable bonds is 4. The number of anilines is 1. The molecule has 2 aromatic heterocycles. The van der Waals surface area contributed by atoms with Crippen LogP contribution in [0.3, 0.4) is 0 Å². The maximum atomic E-state index is 12.4. The summed E-state index contributed by atoms with van der Waals surface area (Å²) in [7, 11) is 1.53. The smallest absolute Gasteiger partial charge is 0.302 e. The summed E-state index contributed by atoms with van der Waals surface area (Å²) in [6.07, 6.45) is 0. The lowest BCUT2D eigenvalue weighted by atomic mass is 10.1. The first-order valence-corrected chi connectivity index (χ1v) is 8.56. The second-order valence-electron chi connectivity index (χ2n) is 5.37. The number of ether oxygens (including phenoxy) is 1. The van der Waals surface area contributed by atoms with Crippen LogP contribution in [0.4, 0.5) is 6.01 Å². The van der Waals surface area contributed by atoms with E-state index in [-0.39, 0.29) is 11.9 Å². The number of carbonyl (C=O) groups is 1. The summed E-state index contributed by atoms with van der Waals surface area (Å²) in [4.78, 5) is 16.8. The molecule has 0 radical (unpaired) electrons. The standard InChI is InChI=1S/C19H14N2O3S/c1-23-16-5-3-2-4-14(16)18(22)21-19-20-15-10-12(6-7-17(15)24-19)13-8-9-25-11-13/h2-11H,1H3,(H,20,21,22). The summed E-state index contributed by atoms with van der Waals surface area (Å²) in [5, 5.41) is 6.79. The fourth-order valence-electron chi connectivity index (χ4n) is 2.59. The number of hydrogen-bond acceptors (Lipinski definition) is 5. The normalized spacial score (nSPS) is 10.8. The Balaban J connectivity index is 1.62. The van der Waals surface area contributed by atoms with Gasteiger partial charge in [-0.25, -0.2) is 0 Å². The molecule has 1 N–H and O–H groups in total. The van der Waals surface area contributed by atoms with Gasteiger partial charge < -0.3 is 9.15 Å². The number of fused-ring (bicyclic) bond motifs is 1. The Labute approximate surface area is 147 Å². The average Bonchev–Trinajstić information content (AvgIpc) is 3.30. The summed E-state index contributed by atoms with van der Waals surface area (Å²) in [5.74, 6) is 0.165. The van der Waals surface area contributed by atoms with Crippen molar-refractivity contribution in [2.45, 2.75) is 0 Å². The minimum Gasteiger partial charge on any atom is -0.496 e. The summed E-state index contributed by atoms with van der Waals surface area (Å²) in [5.41, 5.74) is 3.93. The molecule has 0 fully saturated rings. The minimum atomic E-state index is -0.331. The molecule has 0 saturated carbocycles. The van der Waals surface area contributed by atoms with E-state index in [9.17, 15) is 4.79 Å². The summed E-state index contributed by atoms with van der Waals surface area (Å²) >= 11 is 1.64. The van der Waals surface area contributed by atoms with E-state index in [2.05, 4.69) is 21.7 Å². The van der Waals surface area contributed by atoms with Gasteiger partial charge in [0.15, 0.2) is 5.58 Å². The molecule has 0 saturated heterocycles. The molecule has 0 atom stereocenters. The molecule has 2 aromatic carbocycles. The lowest BCUT2D eigenvalue weighted by Gasteiger charge is -2.06. The number of nitrogens with zero attached hydrogens (tertiary/aromatic N) is 1. The molecule has 0 bridgehead atoms. The van der Waals surface area contributed by atoms with Crippen molar-refractivity contribution in [2.75, 3.05) is 12.4 Å². The van der Waals surface area contributed by atoms with Gasteiger partial charge in [0, 0.05) is 0 Å². The van der Waals surface area contributed by atoms with Crippen LogP contribution in [0.1, 0.15) is 10.4 Å². The van der Waals surface area contributed by atoms with Gasteiger partial charge in [-0.2, -0.15) is 16.3 Å². The van der Waals surface area contributed by atoms with E-state index in [1.165, 1.54) is 7.11 Å². The van der Waals surface area contributed by atoms with Crippen LogP contribution >= 0.6 is 11.3 Å².